The summed E-state index contributed by atoms with van der Waals surface area (Å²) >= 11 is 0. The molecule has 10 heteroatoms. The largest absolute Gasteiger partial charge is 0.378 e. The summed E-state index contributed by atoms with van der Waals surface area (Å²) in [6, 6.07) is 26.6. The summed E-state index contributed by atoms with van der Waals surface area (Å²) in [7, 11) is 3.93. The van der Waals surface area contributed by atoms with Crippen LogP contribution in [0.4, 0.5) is 14.9 Å². The van der Waals surface area contributed by atoms with Crippen molar-refractivity contribution in [1.82, 2.24) is 25.6 Å². The van der Waals surface area contributed by atoms with Crippen LogP contribution in [0.15, 0.2) is 104 Å². The van der Waals surface area contributed by atoms with Crippen molar-refractivity contribution in [2.24, 2.45) is 0 Å². The van der Waals surface area contributed by atoms with E-state index >= 15 is 0 Å². The first kappa shape index (κ1) is 33.2. The molecule has 244 valence electrons. The Hall–Kier alpha value is -5.22. The molecule has 1 aliphatic heterocycles. The van der Waals surface area contributed by atoms with Gasteiger partial charge >= 0.3 is 6.03 Å². The second-order valence-electron chi connectivity index (χ2n) is 11.8. The number of hydrogen-bond donors (Lipinski definition) is 2. The van der Waals surface area contributed by atoms with E-state index in [2.05, 4.69) is 17.2 Å². The van der Waals surface area contributed by atoms with Gasteiger partial charge in [-0.05, 0) is 51.7 Å². The molecule has 1 heterocycles. The predicted molar refractivity (Wildman–Crippen MR) is 183 cm³/mol. The second-order valence-corrected chi connectivity index (χ2v) is 11.8. The predicted octanol–water partition coefficient (Wildman–Crippen LogP) is 4.73. The lowest BCUT2D eigenvalue weighted by molar-refractivity contribution is -0.136. The number of hydrazine groups is 1. The molecule has 0 aromatic heterocycles. The highest BCUT2D eigenvalue weighted by Crippen LogP contribution is 2.22. The van der Waals surface area contributed by atoms with Crippen molar-refractivity contribution >= 4 is 34.3 Å². The molecule has 1 atom stereocenters. The maximum atomic E-state index is 14.3. The highest BCUT2D eigenvalue weighted by molar-refractivity contribution is 5.90. The van der Waals surface area contributed by atoms with Gasteiger partial charge in [0.1, 0.15) is 11.9 Å². The quantitative estimate of drug-likeness (QED) is 0.246. The van der Waals surface area contributed by atoms with Gasteiger partial charge in [-0.25, -0.2) is 14.2 Å². The van der Waals surface area contributed by atoms with Gasteiger partial charge in [0.25, 0.3) is 0 Å². The van der Waals surface area contributed by atoms with Crippen LogP contribution < -0.4 is 15.5 Å². The Kier molecular flexibility index (Phi) is 10.8. The van der Waals surface area contributed by atoms with Gasteiger partial charge < -0.3 is 20.4 Å². The topological polar surface area (TPSA) is 88.2 Å². The molecule has 5 rings (SSSR count). The highest BCUT2D eigenvalue weighted by Gasteiger charge is 2.32. The van der Waals surface area contributed by atoms with Crippen molar-refractivity contribution < 1.29 is 18.8 Å². The maximum absolute atomic E-state index is 14.3. The summed E-state index contributed by atoms with van der Waals surface area (Å²) in [5.74, 6) is -0.927. The summed E-state index contributed by atoms with van der Waals surface area (Å²) < 4.78 is 13.4. The molecule has 1 aliphatic rings. The number of fused-ring (bicyclic) bond motifs is 1. The first-order valence-corrected chi connectivity index (χ1v) is 15.7. The van der Waals surface area contributed by atoms with Crippen LogP contribution >= 0.6 is 0 Å². The number of anilines is 1. The molecule has 1 saturated heterocycles. The number of hydrogen-bond acceptors (Lipinski definition) is 5. The van der Waals surface area contributed by atoms with Crippen molar-refractivity contribution in [1.29, 1.82) is 0 Å². The molecule has 0 aliphatic carbocycles. The number of benzene rings is 4. The fourth-order valence-electron chi connectivity index (χ4n) is 5.74. The molecule has 0 radical (unpaired) electrons. The van der Waals surface area contributed by atoms with Crippen molar-refractivity contribution in [3.63, 3.8) is 0 Å². The minimum Gasteiger partial charge on any atom is -0.378 e. The van der Waals surface area contributed by atoms with Gasteiger partial charge in [-0.3, -0.25) is 14.6 Å². The standard InChI is InChI=1S/C37H41FN6O3/c1-4-20-44(37(47)39-24-28-12-16-31(38)17-13-28)43-22-21-42(25-30-10-7-9-29-8-5-6-11-33(29)30)36(46)34(40-35(45)26-43)23-27-14-18-32(19-15-27)41(2)3/h4-19,34H,1,20-26H2,2-3H3,(H,39,47)(H,40,45)/t34-/m0/s1. The lowest BCUT2D eigenvalue weighted by Gasteiger charge is -2.34. The number of amides is 4. The second kappa shape index (κ2) is 15.4. The average molecular weight is 637 g/mol. The molecule has 0 saturated carbocycles. The number of nitrogens with zero attached hydrogens (tertiary/aromatic N) is 4. The van der Waals surface area contributed by atoms with Crippen LogP contribution in [-0.2, 0) is 29.1 Å². The van der Waals surface area contributed by atoms with E-state index in [9.17, 15) is 18.8 Å². The van der Waals surface area contributed by atoms with E-state index in [0.717, 1.165) is 33.2 Å². The van der Waals surface area contributed by atoms with Gasteiger partial charge in [0, 0.05) is 52.4 Å². The molecule has 4 aromatic rings. The van der Waals surface area contributed by atoms with E-state index in [0.29, 0.717) is 13.0 Å². The van der Waals surface area contributed by atoms with Crippen LogP contribution in [-0.4, -0.2) is 79.1 Å². The van der Waals surface area contributed by atoms with Gasteiger partial charge in [-0.2, -0.15) is 0 Å². The molecule has 0 spiro atoms. The normalized spacial score (nSPS) is 15.7. The van der Waals surface area contributed by atoms with E-state index in [1.54, 1.807) is 28.1 Å². The fourth-order valence-corrected chi connectivity index (χ4v) is 5.74. The minimum absolute atomic E-state index is 0.136. The molecule has 4 aromatic carbocycles. The van der Waals surface area contributed by atoms with Crippen LogP contribution in [0.3, 0.4) is 0 Å². The molecule has 4 amide bonds. The fraction of sp³-hybridized carbons (Fsp3) is 0.270. The first-order valence-electron chi connectivity index (χ1n) is 15.7. The summed E-state index contributed by atoms with van der Waals surface area (Å²) in [6.45, 7) is 4.82. The average Bonchev–Trinajstić information content (AvgIpc) is 3.12. The zero-order chi connectivity index (χ0) is 33.3. The molecule has 9 nitrogen and oxygen atoms in total. The molecule has 47 heavy (non-hydrogen) atoms. The monoisotopic (exact) mass is 636 g/mol. The third-order valence-corrected chi connectivity index (χ3v) is 8.27. The highest BCUT2D eigenvalue weighted by atomic mass is 19.1. The smallest absolute Gasteiger partial charge is 0.332 e. The molecule has 0 bridgehead atoms. The lowest BCUT2D eigenvalue weighted by atomic mass is 10.0. The third-order valence-electron chi connectivity index (χ3n) is 8.27. The number of urea groups is 1. The van der Waals surface area contributed by atoms with Gasteiger partial charge in [0.2, 0.25) is 11.8 Å². The molecule has 2 N–H and O–H groups in total. The number of nitrogens with one attached hydrogen (secondary N) is 2. The summed E-state index contributed by atoms with van der Waals surface area (Å²) in [6.07, 6.45) is 1.90. The van der Waals surface area contributed by atoms with E-state index in [-0.39, 0.29) is 50.4 Å². The zero-order valence-electron chi connectivity index (χ0n) is 26.9. The molecule has 0 unspecified atom stereocenters. The number of halogens is 1. The molecular formula is C37H41FN6O3. The van der Waals surface area contributed by atoms with E-state index in [1.165, 1.54) is 17.1 Å². The van der Waals surface area contributed by atoms with Crippen molar-refractivity contribution in [2.45, 2.75) is 25.6 Å². The van der Waals surface area contributed by atoms with Crippen molar-refractivity contribution in [3.8, 4) is 0 Å². The summed E-state index contributed by atoms with van der Waals surface area (Å²) in [5, 5.41) is 11.0. The Morgan fingerprint density at radius 1 is 0.957 bits per heavy atom. The Labute approximate surface area is 275 Å². The number of carbonyl (C=O) groups is 3. The zero-order valence-corrected chi connectivity index (χ0v) is 26.9. The van der Waals surface area contributed by atoms with Crippen LogP contribution in [0, 0.1) is 5.82 Å². The Morgan fingerprint density at radius 3 is 2.38 bits per heavy atom. The van der Waals surface area contributed by atoms with E-state index in [4.69, 9.17) is 0 Å². The van der Waals surface area contributed by atoms with E-state index < -0.39 is 12.1 Å². The minimum atomic E-state index is -0.803. The van der Waals surface area contributed by atoms with Crippen molar-refractivity contribution in [2.75, 3.05) is 45.2 Å². The first-order chi connectivity index (χ1) is 22.7. The molecular weight excluding hydrogens is 595 g/mol. The van der Waals surface area contributed by atoms with E-state index in [1.807, 2.05) is 85.7 Å². The van der Waals surface area contributed by atoms with Gasteiger partial charge in [-0.15, -0.1) is 6.58 Å². The lowest BCUT2D eigenvalue weighted by Crippen LogP contribution is -2.54. The van der Waals surface area contributed by atoms with Crippen LogP contribution in [0.2, 0.25) is 0 Å². The van der Waals surface area contributed by atoms with Crippen LogP contribution in [0.25, 0.3) is 10.8 Å². The summed E-state index contributed by atoms with van der Waals surface area (Å²) in [4.78, 5) is 45.0. The maximum Gasteiger partial charge on any atom is 0.332 e. The van der Waals surface area contributed by atoms with Gasteiger partial charge in [0.05, 0.1) is 13.1 Å². The number of rotatable bonds is 10. The molecule has 1 fully saturated rings. The summed E-state index contributed by atoms with van der Waals surface area (Å²) in [5.41, 5.74) is 3.67. The Morgan fingerprint density at radius 2 is 1.66 bits per heavy atom. The third kappa shape index (κ3) is 8.53. The van der Waals surface area contributed by atoms with Crippen molar-refractivity contribution in [3.05, 3.63) is 126 Å². The van der Waals surface area contributed by atoms with Gasteiger partial charge in [-0.1, -0.05) is 72.8 Å². The number of carbonyl (C=O) groups excluding carboxylic acids is 3. The van der Waals surface area contributed by atoms with Crippen LogP contribution in [0.5, 0.6) is 0 Å². The van der Waals surface area contributed by atoms with Gasteiger partial charge in [0.15, 0.2) is 0 Å². The SMILES string of the molecule is C=CCN(C(=O)NCc1ccc(F)cc1)N1CCN(Cc2cccc3ccccc23)C(=O)[C@H](Cc2ccc(N(C)C)cc2)NC(=O)C1. The Bertz CT molecular complexity index is 1700. The Balaban J connectivity index is 1.42. The van der Waals surface area contributed by atoms with Crippen LogP contribution in [0.1, 0.15) is 16.7 Å².